The lowest BCUT2D eigenvalue weighted by atomic mass is 10.1. The molecule has 0 radical (unpaired) electrons. The van der Waals surface area contributed by atoms with Crippen LogP contribution in [0.5, 0.6) is 0 Å². The van der Waals surface area contributed by atoms with Crippen molar-refractivity contribution in [2.24, 2.45) is 0 Å². The van der Waals surface area contributed by atoms with Crippen LogP contribution in [0.15, 0.2) is 0 Å². The molecule has 0 saturated carbocycles. The molecule has 3 atom stereocenters. The number of hydrogen-bond donors (Lipinski definition) is 3. The van der Waals surface area contributed by atoms with Gasteiger partial charge in [0.15, 0.2) is 6.10 Å². The Bertz CT molecular complexity index is 661. The maximum atomic E-state index is 12.3. The van der Waals surface area contributed by atoms with Gasteiger partial charge in [0.1, 0.15) is 12.7 Å². The van der Waals surface area contributed by atoms with Crippen molar-refractivity contribution >= 4 is 19.8 Å². The van der Waals surface area contributed by atoms with Crippen molar-refractivity contribution in [2.75, 3.05) is 26.4 Å². The molecule has 0 aliphatic carbocycles. The molecule has 238 valence electrons. The van der Waals surface area contributed by atoms with Gasteiger partial charge >= 0.3 is 19.8 Å². The summed E-state index contributed by atoms with van der Waals surface area (Å²) in [5, 5.41) is 18.1. The third-order valence-corrected chi connectivity index (χ3v) is 7.46. The summed E-state index contributed by atoms with van der Waals surface area (Å²) in [6.45, 7) is 2.26. The highest BCUT2D eigenvalue weighted by atomic mass is 31.2. The van der Waals surface area contributed by atoms with Crippen LogP contribution < -0.4 is 0 Å². The summed E-state index contributed by atoms with van der Waals surface area (Å²) in [6, 6.07) is 0. The maximum Gasteiger partial charge on any atom is 0.472 e. The van der Waals surface area contributed by atoms with Crippen molar-refractivity contribution in [2.45, 2.75) is 148 Å². The van der Waals surface area contributed by atoms with Crippen LogP contribution in [0.2, 0.25) is 0 Å². The predicted octanol–water partition coefficient (Wildman–Crippen LogP) is 6.38. The Morgan fingerprint density at radius 1 is 0.650 bits per heavy atom. The van der Waals surface area contributed by atoms with Gasteiger partial charge in [-0.2, -0.15) is 0 Å². The molecule has 0 spiro atoms. The normalized spacial score (nSPS) is 14.4. The van der Waals surface area contributed by atoms with Crippen LogP contribution in [0.4, 0.5) is 0 Å². The molecule has 11 heteroatoms. The van der Waals surface area contributed by atoms with E-state index in [1.54, 1.807) is 0 Å². The molecule has 40 heavy (non-hydrogen) atoms. The van der Waals surface area contributed by atoms with Gasteiger partial charge in [0.05, 0.1) is 19.8 Å². The van der Waals surface area contributed by atoms with E-state index >= 15 is 0 Å². The summed E-state index contributed by atoms with van der Waals surface area (Å²) in [6.07, 6.45) is 16.9. The van der Waals surface area contributed by atoms with Crippen LogP contribution in [-0.4, -0.2) is 65.7 Å². The lowest BCUT2D eigenvalue weighted by Crippen LogP contribution is -2.29. The summed E-state index contributed by atoms with van der Waals surface area (Å²) in [5.41, 5.74) is 0. The van der Waals surface area contributed by atoms with E-state index in [-0.39, 0.29) is 19.4 Å². The van der Waals surface area contributed by atoms with E-state index in [4.69, 9.17) is 19.1 Å². The molecule has 0 aliphatic heterocycles. The van der Waals surface area contributed by atoms with Crippen molar-refractivity contribution in [1.29, 1.82) is 0 Å². The second-order valence-corrected chi connectivity index (χ2v) is 11.9. The first-order chi connectivity index (χ1) is 19.2. The number of aliphatic hydroxyl groups is 2. The van der Waals surface area contributed by atoms with Crippen LogP contribution in [0, 0.1) is 0 Å². The van der Waals surface area contributed by atoms with Gasteiger partial charge in [0, 0.05) is 12.8 Å². The van der Waals surface area contributed by atoms with Crippen molar-refractivity contribution in [3.05, 3.63) is 0 Å². The van der Waals surface area contributed by atoms with Gasteiger partial charge in [-0.05, 0) is 12.8 Å². The molecule has 0 heterocycles. The van der Waals surface area contributed by atoms with Crippen LogP contribution >= 0.6 is 7.82 Å². The smallest absolute Gasteiger partial charge is 0.462 e. The molecule has 0 fully saturated rings. The molecule has 0 saturated heterocycles. The quantitative estimate of drug-likeness (QED) is 0.0504. The van der Waals surface area contributed by atoms with Gasteiger partial charge in [0.25, 0.3) is 0 Å². The number of ether oxygens (including phenoxy) is 2. The molecule has 3 N–H and O–H groups in total. The summed E-state index contributed by atoms with van der Waals surface area (Å²) >= 11 is 0. The van der Waals surface area contributed by atoms with Crippen molar-refractivity contribution in [1.82, 2.24) is 0 Å². The Morgan fingerprint density at radius 3 is 1.55 bits per heavy atom. The fraction of sp³-hybridized carbons (Fsp3) is 0.931. The fourth-order valence-electron chi connectivity index (χ4n) is 4.05. The van der Waals surface area contributed by atoms with Gasteiger partial charge in [-0.3, -0.25) is 18.6 Å². The van der Waals surface area contributed by atoms with E-state index in [9.17, 15) is 24.2 Å². The molecular formula is C29H57O10P. The largest absolute Gasteiger partial charge is 0.472 e. The van der Waals surface area contributed by atoms with E-state index < -0.39 is 51.8 Å². The van der Waals surface area contributed by atoms with Crippen LogP contribution in [0.25, 0.3) is 0 Å². The first-order valence-electron chi connectivity index (χ1n) is 15.5. The Balaban J connectivity index is 4.40. The average Bonchev–Trinajstić information content (AvgIpc) is 2.93. The number of aliphatic hydroxyl groups excluding tert-OH is 2. The van der Waals surface area contributed by atoms with Crippen LogP contribution in [0.1, 0.15) is 136 Å². The van der Waals surface area contributed by atoms with E-state index in [0.717, 1.165) is 51.4 Å². The molecule has 10 nitrogen and oxygen atoms in total. The number of unbranched alkanes of at least 4 members (excludes halogenated alkanes) is 15. The third kappa shape index (κ3) is 25.9. The molecule has 0 bridgehead atoms. The zero-order valence-corrected chi connectivity index (χ0v) is 26.0. The van der Waals surface area contributed by atoms with E-state index in [1.165, 1.54) is 44.9 Å². The molecule has 0 rings (SSSR count). The summed E-state index contributed by atoms with van der Waals surface area (Å²) in [5.74, 6) is -0.933. The van der Waals surface area contributed by atoms with Gasteiger partial charge < -0.3 is 24.6 Å². The Hall–Kier alpha value is -1.03. The SMILES string of the molecule is CCCCCCCCCCCCCC(=O)OC[C@H](COP(=O)(O)OC[C@@H](O)CO)OC(=O)CCCCCCCC. The Labute approximate surface area is 242 Å². The van der Waals surface area contributed by atoms with E-state index in [2.05, 4.69) is 18.4 Å². The number of phosphoric ester groups is 1. The minimum atomic E-state index is -4.59. The first-order valence-corrected chi connectivity index (χ1v) is 17.0. The lowest BCUT2D eigenvalue weighted by molar-refractivity contribution is -0.161. The monoisotopic (exact) mass is 596 g/mol. The van der Waals surface area contributed by atoms with Crippen LogP contribution in [0.3, 0.4) is 0 Å². The highest BCUT2D eigenvalue weighted by molar-refractivity contribution is 7.47. The van der Waals surface area contributed by atoms with E-state index in [0.29, 0.717) is 12.8 Å². The third-order valence-electron chi connectivity index (χ3n) is 6.51. The van der Waals surface area contributed by atoms with E-state index in [1.807, 2.05) is 0 Å². The molecule has 0 aromatic carbocycles. The highest BCUT2D eigenvalue weighted by Crippen LogP contribution is 2.43. The second-order valence-electron chi connectivity index (χ2n) is 10.5. The van der Waals surface area contributed by atoms with Gasteiger partial charge in [0.2, 0.25) is 0 Å². The number of rotatable bonds is 29. The lowest BCUT2D eigenvalue weighted by Gasteiger charge is -2.20. The minimum Gasteiger partial charge on any atom is -0.462 e. The minimum absolute atomic E-state index is 0.186. The number of carbonyl (C=O) groups is 2. The number of carbonyl (C=O) groups excluding carboxylic acids is 2. The van der Waals surface area contributed by atoms with Gasteiger partial charge in [-0.25, -0.2) is 4.57 Å². The maximum absolute atomic E-state index is 12.3. The summed E-state index contributed by atoms with van der Waals surface area (Å²) in [7, 11) is -4.59. The number of hydrogen-bond acceptors (Lipinski definition) is 9. The first kappa shape index (κ1) is 39.0. The molecule has 0 aromatic heterocycles. The van der Waals surface area contributed by atoms with Crippen LogP contribution in [-0.2, 0) is 32.7 Å². The summed E-state index contributed by atoms with van der Waals surface area (Å²) in [4.78, 5) is 34.3. The second kappa shape index (κ2) is 26.8. The van der Waals surface area contributed by atoms with Crippen molar-refractivity contribution in [3.8, 4) is 0 Å². The predicted molar refractivity (Wildman–Crippen MR) is 155 cm³/mol. The summed E-state index contributed by atoms with van der Waals surface area (Å²) < 4.78 is 32.2. The molecule has 0 amide bonds. The zero-order valence-electron chi connectivity index (χ0n) is 25.1. The number of phosphoric acid groups is 1. The molecule has 1 unspecified atom stereocenters. The fourth-order valence-corrected chi connectivity index (χ4v) is 4.84. The van der Waals surface area contributed by atoms with Gasteiger partial charge in [-0.15, -0.1) is 0 Å². The molecule has 0 aromatic rings. The molecular weight excluding hydrogens is 539 g/mol. The zero-order chi connectivity index (χ0) is 29.9. The van der Waals surface area contributed by atoms with Crippen molar-refractivity contribution < 1.29 is 47.8 Å². The molecule has 0 aliphatic rings. The topological polar surface area (TPSA) is 149 Å². The standard InChI is InChI=1S/C29H57O10P/c1-3-5-7-9-11-12-13-14-15-17-18-20-28(32)36-24-27(25-38-40(34,35)37-23-26(31)22-30)39-29(33)21-19-16-10-8-6-4-2/h26-27,30-31H,3-25H2,1-2H3,(H,34,35)/t26-,27+/m0/s1. The van der Waals surface area contributed by atoms with Gasteiger partial charge in [-0.1, -0.05) is 110 Å². The Kier molecular flexibility index (Phi) is 26.2. The van der Waals surface area contributed by atoms with Crippen molar-refractivity contribution in [3.63, 3.8) is 0 Å². The highest BCUT2D eigenvalue weighted by Gasteiger charge is 2.27. The number of esters is 2. The Morgan fingerprint density at radius 2 is 1.07 bits per heavy atom. The average molecular weight is 597 g/mol.